The van der Waals surface area contributed by atoms with Crippen molar-refractivity contribution < 1.29 is 9.90 Å². The Morgan fingerprint density at radius 3 is 3.00 bits per heavy atom. The molecule has 1 aliphatic rings. The van der Waals surface area contributed by atoms with Gasteiger partial charge in [-0.1, -0.05) is 25.1 Å². The summed E-state index contributed by atoms with van der Waals surface area (Å²) in [5.74, 6) is -0.704. The predicted molar refractivity (Wildman–Crippen MR) is 75.5 cm³/mol. The second-order valence-electron chi connectivity index (χ2n) is 5.83. The van der Waals surface area contributed by atoms with E-state index in [1.165, 1.54) is 22.2 Å². The number of fused-ring (bicyclic) bond motifs is 3. The van der Waals surface area contributed by atoms with Gasteiger partial charge in [-0.15, -0.1) is 0 Å². The first kappa shape index (κ1) is 12.3. The predicted octanol–water partition coefficient (Wildman–Crippen LogP) is 3.63. The molecule has 0 aliphatic heterocycles. The number of benzene rings is 1. The van der Waals surface area contributed by atoms with Crippen LogP contribution in [0.5, 0.6) is 0 Å². The number of para-hydroxylation sites is 1. The highest BCUT2D eigenvalue weighted by Crippen LogP contribution is 2.42. The zero-order chi connectivity index (χ0) is 13.5. The van der Waals surface area contributed by atoms with Crippen molar-refractivity contribution >= 4 is 16.9 Å². The van der Waals surface area contributed by atoms with Crippen molar-refractivity contribution in [1.29, 1.82) is 0 Å². The Labute approximate surface area is 112 Å². The number of aliphatic carboxylic acids is 1. The van der Waals surface area contributed by atoms with Crippen LogP contribution in [0.1, 0.15) is 43.9 Å². The Hall–Kier alpha value is -1.77. The van der Waals surface area contributed by atoms with Gasteiger partial charge in [0.2, 0.25) is 0 Å². The maximum Gasteiger partial charge on any atom is 0.303 e. The third-order valence-electron chi connectivity index (χ3n) is 4.46. The number of hydrogen-bond donors (Lipinski definition) is 2. The van der Waals surface area contributed by atoms with Crippen LogP contribution < -0.4 is 0 Å². The molecule has 2 N–H and O–H groups in total. The minimum atomic E-state index is -0.704. The smallest absolute Gasteiger partial charge is 0.303 e. The Morgan fingerprint density at radius 2 is 2.21 bits per heavy atom. The maximum atomic E-state index is 10.9. The van der Waals surface area contributed by atoms with Gasteiger partial charge >= 0.3 is 5.97 Å². The molecule has 0 spiro atoms. The molecule has 0 fully saturated rings. The topological polar surface area (TPSA) is 53.1 Å². The van der Waals surface area contributed by atoms with Crippen molar-refractivity contribution in [3.8, 4) is 0 Å². The highest BCUT2D eigenvalue weighted by Gasteiger charge is 2.34. The van der Waals surface area contributed by atoms with E-state index in [1.54, 1.807) is 0 Å². The highest BCUT2D eigenvalue weighted by molar-refractivity contribution is 5.85. The molecule has 1 aromatic heterocycles. The maximum absolute atomic E-state index is 10.9. The quantitative estimate of drug-likeness (QED) is 0.882. The summed E-state index contributed by atoms with van der Waals surface area (Å²) in [7, 11) is 0. The molecule has 19 heavy (non-hydrogen) atoms. The molecule has 0 saturated carbocycles. The summed E-state index contributed by atoms with van der Waals surface area (Å²) in [6.07, 6.45) is 4.26. The van der Waals surface area contributed by atoms with Crippen molar-refractivity contribution in [2.24, 2.45) is 0 Å². The van der Waals surface area contributed by atoms with E-state index in [4.69, 9.17) is 5.11 Å². The summed E-state index contributed by atoms with van der Waals surface area (Å²) in [4.78, 5) is 14.4. The molecule has 1 aromatic carbocycles. The minimum Gasteiger partial charge on any atom is -0.481 e. The number of hydrogen-bond acceptors (Lipinski definition) is 1. The van der Waals surface area contributed by atoms with Crippen molar-refractivity contribution in [1.82, 2.24) is 4.98 Å². The largest absolute Gasteiger partial charge is 0.481 e. The summed E-state index contributed by atoms with van der Waals surface area (Å²) in [6.45, 7) is 2.20. The first-order chi connectivity index (χ1) is 9.10. The van der Waals surface area contributed by atoms with Crippen LogP contribution in [0, 0.1) is 0 Å². The Balaban J connectivity index is 2.06. The molecule has 0 unspecified atom stereocenters. The van der Waals surface area contributed by atoms with E-state index in [0.717, 1.165) is 19.3 Å². The third-order valence-corrected chi connectivity index (χ3v) is 4.46. The molecular weight excluding hydrogens is 238 g/mol. The SMILES string of the molecule is C[C@@]1(CCC(=O)O)CCCc2c1[nH]c1ccccc21. The van der Waals surface area contributed by atoms with E-state index in [2.05, 4.69) is 30.1 Å². The van der Waals surface area contributed by atoms with Crippen molar-refractivity contribution in [3.63, 3.8) is 0 Å². The second kappa shape index (κ2) is 4.41. The number of carboxylic acids is 1. The van der Waals surface area contributed by atoms with Gasteiger partial charge in [-0.25, -0.2) is 0 Å². The van der Waals surface area contributed by atoms with Gasteiger partial charge in [0.05, 0.1) is 0 Å². The standard InChI is InChI=1S/C16H19NO2/c1-16(10-8-14(18)19)9-4-6-12-11-5-2-3-7-13(11)17-15(12)16/h2-3,5,7,17H,4,6,8-10H2,1H3,(H,18,19)/t16-/m0/s1. The lowest BCUT2D eigenvalue weighted by Crippen LogP contribution is -2.28. The monoisotopic (exact) mass is 257 g/mol. The molecule has 3 nitrogen and oxygen atoms in total. The molecule has 2 aromatic rings. The minimum absolute atomic E-state index is 0.0228. The molecule has 1 aliphatic carbocycles. The van der Waals surface area contributed by atoms with E-state index in [9.17, 15) is 4.79 Å². The number of H-pyrrole nitrogens is 1. The molecule has 0 saturated heterocycles. The Kier molecular flexibility index (Phi) is 2.85. The third kappa shape index (κ3) is 2.03. The van der Waals surface area contributed by atoms with Gasteiger partial charge in [-0.2, -0.15) is 0 Å². The van der Waals surface area contributed by atoms with Crippen LogP contribution in [0.15, 0.2) is 24.3 Å². The van der Waals surface area contributed by atoms with Gasteiger partial charge in [0, 0.05) is 28.4 Å². The number of aryl methyl sites for hydroxylation is 1. The zero-order valence-corrected chi connectivity index (χ0v) is 11.2. The van der Waals surface area contributed by atoms with Gasteiger partial charge in [-0.05, 0) is 37.3 Å². The van der Waals surface area contributed by atoms with Crippen LogP contribution >= 0.6 is 0 Å². The van der Waals surface area contributed by atoms with E-state index < -0.39 is 5.97 Å². The van der Waals surface area contributed by atoms with Gasteiger partial charge in [0.1, 0.15) is 0 Å². The molecule has 0 radical (unpaired) electrons. The Morgan fingerprint density at radius 1 is 1.42 bits per heavy atom. The second-order valence-corrected chi connectivity index (χ2v) is 5.83. The summed E-state index contributed by atoms with van der Waals surface area (Å²) < 4.78 is 0. The van der Waals surface area contributed by atoms with E-state index in [0.29, 0.717) is 6.42 Å². The molecule has 1 atom stereocenters. The lowest BCUT2D eigenvalue weighted by Gasteiger charge is -2.33. The van der Waals surface area contributed by atoms with E-state index >= 15 is 0 Å². The van der Waals surface area contributed by atoms with Crippen LogP contribution in [-0.2, 0) is 16.6 Å². The van der Waals surface area contributed by atoms with Gasteiger partial charge in [0.25, 0.3) is 0 Å². The van der Waals surface area contributed by atoms with Crippen LogP contribution in [0.2, 0.25) is 0 Å². The number of carboxylic acid groups (broad SMARTS) is 1. The first-order valence-electron chi connectivity index (χ1n) is 6.92. The van der Waals surface area contributed by atoms with Crippen molar-refractivity contribution in [2.75, 3.05) is 0 Å². The summed E-state index contributed by atoms with van der Waals surface area (Å²) in [6, 6.07) is 8.37. The fourth-order valence-corrected chi connectivity index (χ4v) is 3.39. The molecule has 100 valence electrons. The molecule has 1 heterocycles. The molecule has 0 bridgehead atoms. The number of rotatable bonds is 3. The lowest BCUT2D eigenvalue weighted by molar-refractivity contribution is -0.137. The number of nitrogens with one attached hydrogen (secondary N) is 1. The molecule has 3 rings (SSSR count). The van der Waals surface area contributed by atoms with E-state index in [1.807, 2.05) is 6.07 Å². The van der Waals surface area contributed by atoms with Gasteiger partial charge in [0.15, 0.2) is 0 Å². The average Bonchev–Trinajstić information content (AvgIpc) is 2.78. The number of aromatic amines is 1. The molecule has 3 heteroatoms. The van der Waals surface area contributed by atoms with Crippen LogP contribution in [0.25, 0.3) is 10.9 Å². The van der Waals surface area contributed by atoms with Crippen molar-refractivity contribution in [3.05, 3.63) is 35.5 Å². The fraction of sp³-hybridized carbons (Fsp3) is 0.438. The summed E-state index contributed by atoms with van der Waals surface area (Å²) in [5, 5.41) is 10.2. The number of carbonyl (C=O) groups is 1. The van der Waals surface area contributed by atoms with Crippen LogP contribution in [0.4, 0.5) is 0 Å². The lowest BCUT2D eigenvalue weighted by atomic mass is 9.72. The van der Waals surface area contributed by atoms with Gasteiger partial charge in [-0.3, -0.25) is 4.79 Å². The van der Waals surface area contributed by atoms with Crippen LogP contribution in [0.3, 0.4) is 0 Å². The fourth-order valence-electron chi connectivity index (χ4n) is 3.39. The molecular formula is C16H19NO2. The van der Waals surface area contributed by atoms with Crippen molar-refractivity contribution in [2.45, 2.75) is 44.4 Å². The summed E-state index contributed by atoms with van der Waals surface area (Å²) in [5.41, 5.74) is 3.82. The zero-order valence-electron chi connectivity index (χ0n) is 11.2. The van der Waals surface area contributed by atoms with Gasteiger partial charge < -0.3 is 10.1 Å². The highest BCUT2D eigenvalue weighted by atomic mass is 16.4. The van der Waals surface area contributed by atoms with E-state index in [-0.39, 0.29) is 11.8 Å². The number of aromatic nitrogens is 1. The first-order valence-corrected chi connectivity index (χ1v) is 6.92. The normalized spacial score (nSPS) is 22.4. The Bertz CT molecular complexity index is 629. The summed E-state index contributed by atoms with van der Waals surface area (Å²) >= 11 is 0. The van der Waals surface area contributed by atoms with Crippen LogP contribution in [-0.4, -0.2) is 16.1 Å². The molecule has 0 amide bonds. The average molecular weight is 257 g/mol.